The monoisotopic (exact) mass is 465 g/mol. The van der Waals surface area contributed by atoms with Gasteiger partial charge >= 0.3 is 11.6 Å². The van der Waals surface area contributed by atoms with Crippen molar-refractivity contribution < 1.29 is 28.6 Å². The van der Waals surface area contributed by atoms with Crippen molar-refractivity contribution in [2.45, 2.75) is 52.2 Å². The molecule has 0 radical (unpaired) electrons. The number of fused-ring (bicyclic) bond motifs is 3. The number of benzene rings is 2. The predicted octanol–water partition coefficient (Wildman–Crippen LogP) is 3.83. The summed E-state index contributed by atoms with van der Waals surface area (Å²) >= 11 is 0. The number of carboxylic acid groups (broad SMARTS) is 1. The highest BCUT2D eigenvalue weighted by molar-refractivity contribution is 5.92. The van der Waals surface area contributed by atoms with Gasteiger partial charge in [0.05, 0.1) is 5.39 Å². The number of rotatable bonds is 6. The Kier molecular flexibility index (Phi) is 6.08. The van der Waals surface area contributed by atoms with E-state index in [-0.39, 0.29) is 0 Å². The molecule has 0 spiro atoms. The van der Waals surface area contributed by atoms with E-state index < -0.39 is 35.8 Å². The van der Waals surface area contributed by atoms with Crippen molar-refractivity contribution in [2.24, 2.45) is 0 Å². The van der Waals surface area contributed by atoms with Crippen LogP contribution in [0.5, 0.6) is 11.5 Å². The van der Waals surface area contributed by atoms with Crippen molar-refractivity contribution in [3.63, 3.8) is 0 Å². The molecule has 2 heterocycles. The van der Waals surface area contributed by atoms with Crippen molar-refractivity contribution in [2.75, 3.05) is 6.61 Å². The van der Waals surface area contributed by atoms with Crippen LogP contribution in [0.4, 0.5) is 0 Å². The summed E-state index contributed by atoms with van der Waals surface area (Å²) in [5, 5.41) is 12.7. The number of hydrogen-bond donors (Lipinski definition) is 2. The van der Waals surface area contributed by atoms with Crippen LogP contribution >= 0.6 is 0 Å². The Labute approximate surface area is 196 Å². The molecule has 0 saturated carbocycles. The Balaban J connectivity index is 1.66. The number of ether oxygens (including phenoxy) is 2. The maximum absolute atomic E-state index is 12.6. The maximum Gasteiger partial charge on any atom is 0.339 e. The SMILES string of the molecule is Cc1c(C)c2c(OCC(=O)N[C@@H](C(=O)O)c3ccccc3)cc3c(c2oc1=O)CCC(C)(C)O3. The molecule has 34 heavy (non-hydrogen) atoms. The molecule has 0 bridgehead atoms. The molecule has 4 rings (SSSR count). The van der Waals surface area contributed by atoms with Crippen LogP contribution in [-0.4, -0.2) is 29.2 Å². The average Bonchev–Trinajstić information content (AvgIpc) is 2.78. The number of carbonyl (C=O) groups is 2. The van der Waals surface area contributed by atoms with E-state index >= 15 is 0 Å². The largest absolute Gasteiger partial charge is 0.487 e. The minimum absolute atomic E-state index is 0.331. The highest BCUT2D eigenvalue weighted by Gasteiger charge is 2.31. The Hall–Kier alpha value is -3.81. The highest BCUT2D eigenvalue weighted by atomic mass is 16.5. The summed E-state index contributed by atoms with van der Waals surface area (Å²) in [6, 6.07) is 8.93. The van der Waals surface area contributed by atoms with Gasteiger partial charge in [0, 0.05) is 17.2 Å². The van der Waals surface area contributed by atoms with Gasteiger partial charge in [-0.2, -0.15) is 0 Å². The Morgan fingerprint density at radius 1 is 1.18 bits per heavy atom. The Morgan fingerprint density at radius 3 is 2.56 bits per heavy atom. The number of carboxylic acids is 1. The van der Waals surface area contributed by atoms with Gasteiger partial charge in [-0.15, -0.1) is 0 Å². The van der Waals surface area contributed by atoms with E-state index in [1.54, 1.807) is 50.2 Å². The second kappa shape index (κ2) is 8.85. The van der Waals surface area contributed by atoms with Gasteiger partial charge in [0.1, 0.15) is 22.7 Å². The smallest absolute Gasteiger partial charge is 0.339 e. The molecule has 0 saturated heterocycles. The van der Waals surface area contributed by atoms with Gasteiger partial charge in [-0.3, -0.25) is 4.79 Å². The summed E-state index contributed by atoms with van der Waals surface area (Å²) in [6.07, 6.45) is 1.42. The van der Waals surface area contributed by atoms with Gasteiger partial charge in [-0.25, -0.2) is 9.59 Å². The van der Waals surface area contributed by atoms with Crippen LogP contribution in [0, 0.1) is 13.8 Å². The standard InChI is InChI=1S/C26H27NO7/c1-14-15(2)25(31)33-23-17-10-11-26(3,4)34-18(17)12-19(21(14)23)32-13-20(28)27-22(24(29)30)16-8-6-5-7-9-16/h5-9,12,22H,10-11,13H2,1-4H3,(H,27,28)(H,29,30)/t22-/m1/s1. The third kappa shape index (κ3) is 4.48. The molecule has 2 aromatic carbocycles. The normalized spacial score (nSPS) is 15.2. The zero-order valence-corrected chi connectivity index (χ0v) is 19.6. The quantitative estimate of drug-likeness (QED) is 0.532. The molecule has 0 unspecified atom stereocenters. The minimum Gasteiger partial charge on any atom is -0.487 e. The van der Waals surface area contributed by atoms with Gasteiger partial charge in [-0.05, 0) is 51.7 Å². The van der Waals surface area contributed by atoms with Gasteiger partial charge in [0.25, 0.3) is 5.91 Å². The number of carbonyl (C=O) groups excluding carboxylic acids is 1. The van der Waals surface area contributed by atoms with Crippen LogP contribution in [0.1, 0.15) is 48.6 Å². The number of aryl methyl sites for hydroxylation is 2. The molecular formula is C26H27NO7. The van der Waals surface area contributed by atoms with E-state index in [4.69, 9.17) is 13.9 Å². The van der Waals surface area contributed by atoms with Gasteiger partial charge < -0.3 is 24.3 Å². The highest BCUT2D eigenvalue weighted by Crippen LogP contribution is 2.43. The summed E-state index contributed by atoms with van der Waals surface area (Å²) in [4.78, 5) is 36.7. The molecule has 8 nitrogen and oxygen atoms in total. The first kappa shape index (κ1) is 23.4. The van der Waals surface area contributed by atoms with E-state index in [2.05, 4.69) is 5.32 Å². The summed E-state index contributed by atoms with van der Waals surface area (Å²) in [7, 11) is 0. The van der Waals surface area contributed by atoms with E-state index in [0.717, 1.165) is 12.0 Å². The fourth-order valence-electron chi connectivity index (χ4n) is 4.13. The molecular weight excluding hydrogens is 438 g/mol. The number of aliphatic carboxylic acids is 1. The molecule has 1 atom stereocenters. The lowest BCUT2D eigenvalue weighted by Crippen LogP contribution is -2.36. The predicted molar refractivity (Wildman–Crippen MR) is 125 cm³/mol. The minimum atomic E-state index is -1.20. The maximum atomic E-state index is 12.6. The molecule has 1 amide bonds. The van der Waals surface area contributed by atoms with Crippen LogP contribution in [0.25, 0.3) is 11.0 Å². The molecule has 2 N–H and O–H groups in total. The summed E-state index contributed by atoms with van der Waals surface area (Å²) in [5.41, 5.74) is 1.95. The molecule has 1 aromatic heterocycles. The van der Waals surface area contributed by atoms with Crippen LogP contribution in [0.3, 0.4) is 0 Å². The second-order valence-corrected chi connectivity index (χ2v) is 9.09. The molecule has 0 aliphatic carbocycles. The first-order valence-corrected chi connectivity index (χ1v) is 11.1. The third-order valence-electron chi connectivity index (χ3n) is 6.15. The lowest BCUT2D eigenvalue weighted by molar-refractivity contribution is -0.142. The fourth-order valence-corrected chi connectivity index (χ4v) is 4.13. The summed E-state index contributed by atoms with van der Waals surface area (Å²) in [5.74, 6) is -0.909. The van der Waals surface area contributed by atoms with E-state index in [0.29, 0.717) is 45.6 Å². The number of amides is 1. The van der Waals surface area contributed by atoms with Gasteiger partial charge in [0.2, 0.25) is 0 Å². The van der Waals surface area contributed by atoms with E-state index in [9.17, 15) is 19.5 Å². The van der Waals surface area contributed by atoms with Gasteiger partial charge in [0.15, 0.2) is 12.6 Å². The third-order valence-corrected chi connectivity index (χ3v) is 6.15. The van der Waals surface area contributed by atoms with Crippen molar-refractivity contribution in [3.8, 4) is 11.5 Å². The molecule has 178 valence electrons. The van der Waals surface area contributed by atoms with Crippen LogP contribution in [-0.2, 0) is 16.0 Å². The molecule has 3 aromatic rings. The van der Waals surface area contributed by atoms with E-state index in [1.165, 1.54) is 0 Å². The van der Waals surface area contributed by atoms with Crippen molar-refractivity contribution in [3.05, 3.63) is 69.1 Å². The Bertz CT molecular complexity index is 1320. The average molecular weight is 466 g/mol. The summed E-state index contributed by atoms with van der Waals surface area (Å²) in [6.45, 7) is 7.00. The number of nitrogens with one attached hydrogen (secondary N) is 1. The fraction of sp³-hybridized carbons (Fsp3) is 0.346. The van der Waals surface area contributed by atoms with Crippen LogP contribution in [0.2, 0.25) is 0 Å². The van der Waals surface area contributed by atoms with Crippen molar-refractivity contribution in [1.82, 2.24) is 5.32 Å². The first-order valence-electron chi connectivity index (χ1n) is 11.1. The topological polar surface area (TPSA) is 115 Å². The lowest BCUT2D eigenvalue weighted by Gasteiger charge is -2.33. The summed E-state index contributed by atoms with van der Waals surface area (Å²) < 4.78 is 17.6. The second-order valence-electron chi connectivity index (χ2n) is 9.09. The molecule has 8 heteroatoms. The molecule has 1 aliphatic rings. The zero-order valence-electron chi connectivity index (χ0n) is 19.6. The van der Waals surface area contributed by atoms with Crippen molar-refractivity contribution in [1.29, 1.82) is 0 Å². The van der Waals surface area contributed by atoms with Gasteiger partial charge in [-0.1, -0.05) is 30.3 Å². The zero-order chi connectivity index (χ0) is 24.6. The van der Waals surface area contributed by atoms with Crippen LogP contribution < -0.4 is 20.4 Å². The molecule has 1 aliphatic heterocycles. The van der Waals surface area contributed by atoms with Crippen molar-refractivity contribution >= 4 is 22.8 Å². The Morgan fingerprint density at radius 2 is 1.88 bits per heavy atom. The molecule has 0 fully saturated rings. The van der Waals surface area contributed by atoms with Crippen LogP contribution in [0.15, 0.2) is 45.6 Å². The first-order chi connectivity index (χ1) is 16.1. The van der Waals surface area contributed by atoms with E-state index in [1.807, 2.05) is 13.8 Å². The lowest BCUT2D eigenvalue weighted by atomic mass is 9.92. The number of hydrogen-bond acceptors (Lipinski definition) is 6.